The van der Waals surface area contributed by atoms with Crippen LogP contribution < -0.4 is 58.0 Å². The van der Waals surface area contributed by atoms with Gasteiger partial charge in [0.05, 0.1) is 24.6 Å². The van der Waals surface area contributed by atoms with Gasteiger partial charge in [-0.2, -0.15) is 51.0 Å². The molecule has 8 heterocycles. The Bertz CT molecular complexity index is 4380. The largest absolute Gasteiger partial charge is 2.00 e. The van der Waals surface area contributed by atoms with Gasteiger partial charge in [-0.15, -0.1) is 121 Å². The number of nitrogens with two attached hydrogens (primary N) is 3. The number of carbonyl (C=O) groups excluding carboxylic acids is 5. The Morgan fingerprint density at radius 3 is 1.14 bits per heavy atom. The quantitative estimate of drug-likeness (QED) is 0.00678. The van der Waals surface area contributed by atoms with Crippen molar-refractivity contribution in [1.82, 2.24) is 89.2 Å². The van der Waals surface area contributed by atoms with Gasteiger partial charge in [-0.05, 0) is 97.9 Å². The van der Waals surface area contributed by atoms with E-state index in [0.29, 0.717) is 41.4 Å². The molecule has 0 aromatic carbocycles. The molecule has 39 heteroatoms. The molecule has 0 unspecified atom stereocenters. The molecule has 8 rings (SSSR count). The van der Waals surface area contributed by atoms with Crippen molar-refractivity contribution in [3.63, 3.8) is 0 Å². The van der Waals surface area contributed by atoms with Crippen molar-refractivity contribution in [2.75, 3.05) is 13.2 Å². The predicted molar refractivity (Wildman–Crippen MR) is 456 cm³/mol. The summed E-state index contributed by atoms with van der Waals surface area (Å²) >= 11 is 0. The molecule has 33 nitrogen and oxygen atoms in total. The summed E-state index contributed by atoms with van der Waals surface area (Å²) in [6, 6.07) is 1.08. The number of aryl methyl sites for hydroxylation is 4. The fourth-order valence-corrected chi connectivity index (χ4v) is 8.43. The average Bonchev–Trinajstić information content (AvgIpc) is 1.74. The number of H-pyrrole nitrogens is 2. The van der Waals surface area contributed by atoms with Gasteiger partial charge in [0.1, 0.15) is 17.2 Å². The van der Waals surface area contributed by atoms with Gasteiger partial charge in [-0.25, -0.2) is 59.0 Å². The molecular weight excluding hydrogens is 2390 g/mol. The minimum Gasteiger partial charge on any atom is -0.870 e. The number of ketones is 3. The van der Waals surface area contributed by atoms with E-state index in [4.69, 9.17) is 29.3 Å². The smallest absolute Gasteiger partial charge is 0.870 e. The zero-order valence-corrected chi connectivity index (χ0v) is 94.3. The minimum absolute atomic E-state index is 0. The zero-order chi connectivity index (χ0) is 83.3. The van der Waals surface area contributed by atoms with Crippen molar-refractivity contribution >= 4 is 41.1 Å². The second-order valence-electron chi connectivity index (χ2n) is 26.3. The van der Waals surface area contributed by atoms with Crippen LogP contribution in [-0.4, -0.2) is 149 Å². The van der Waals surface area contributed by atoms with E-state index in [1.165, 1.54) is 33.6 Å². The maximum atomic E-state index is 11.6. The van der Waals surface area contributed by atoms with Crippen LogP contribution in [0.4, 0.5) is 0 Å². The number of rotatable bonds is 14. The molecule has 0 aliphatic heterocycles. The summed E-state index contributed by atoms with van der Waals surface area (Å²) in [7, 11) is 0. The first-order valence-corrected chi connectivity index (χ1v) is 34.3. The Morgan fingerprint density at radius 1 is 0.513 bits per heavy atom. The molecule has 0 radical (unpaired) electrons. The molecule has 0 amide bonds. The molecule has 8 aromatic heterocycles. The predicted octanol–water partition coefficient (Wildman–Crippen LogP) is 9.74. The number of Topliss-reactive ketones (excluding diaryl/α,β-unsaturated/α-hetero) is 3. The van der Waals surface area contributed by atoms with Gasteiger partial charge in [0.15, 0.2) is 17.5 Å². The van der Waals surface area contributed by atoms with Gasteiger partial charge in [-0.3, -0.25) is 45.9 Å². The second kappa shape index (κ2) is 67.5. The number of nitrogens with one attached hydrogen (secondary N) is 3. The van der Waals surface area contributed by atoms with Crippen molar-refractivity contribution in [2.45, 2.75) is 228 Å². The monoisotopic (exact) mass is 2530 g/mol. The molecule has 0 bridgehead atoms. The third kappa shape index (κ3) is 44.5. The van der Waals surface area contributed by atoms with Gasteiger partial charge in [-0.1, -0.05) is 83.7 Å². The van der Waals surface area contributed by atoms with E-state index in [0.717, 1.165) is 120 Å². The first kappa shape index (κ1) is 141. The molecule has 10 N–H and O–H groups in total. The summed E-state index contributed by atoms with van der Waals surface area (Å²) in [4.78, 5) is 87.4. The number of aromatic amines is 2. The van der Waals surface area contributed by atoms with Crippen LogP contribution in [-0.2, 0) is 139 Å². The number of hydrogen-bond donors (Lipinski definition) is 6. The average molecular weight is 2530 g/mol. The van der Waals surface area contributed by atoms with E-state index >= 15 is 0 Å². The van der Waals surface area contributed by atoms with Gasteiger partial charge >= 0.3 is 141 Å². The Labute approximate surface area is 807 Å². The number of hydrazone groups is 1. The molecule has 119 heavy (non-hydrogen) atoms. The number of hydrogen-bond acceptors (Lipinski definition) is 24. The van der Waals surface area contributed by atoms with Crippen LogP contribution >= 0.6 is 0 Å². The van der Waals surface area contributed by atoms with Crippen LogP contribution in [0.15, 0.2) is 26.5 Å². The van der Waals surface area contributed by atoms with E-state index < -0.39 is 17.7 Å². The van der Waals surface area contributed by atoms with Crippen LogP contribution in [0.25, 0.3) is 17.8 Å². The number of aromatic nitrogens is 18. The Hall–Kier alpha value is -7.07. The molecule has 8 aromatic rings. The van der Waals surface area contributed by atoms with Gasteiger partial charge in [0.2, 0.25) is 23.6 Å². The topological polar surface area (TPSA) is 480 Å². The second-order valence-corrected chi connectivity index (χ2v) is 26.3. The molecule has 0 saturated carbocycles. The Morgan fingerprint density at radius 2 is 0.866 bits per heavy atom. The molecular formula is C80H137N23NaO10W5-. The Balaban J connectivity index is -0.0000000748. The SMILES string of the molecule is CC(=O)C(C)=O.CC(C)C.CCOC(=O)C(C)=O.Cc1c(C(=N)N)nn([C-](C)C)c1C.Cc1c([C-](C)C)nn(-c2ncc(C)c(=O)[nH]2)c1C.Cc1c([C-](C)C)nn(-c2nnc(C)c(=O)[nH]2)c1C.Cc1c([C-](C)C)nn(C(N)=NN)c1C.Cc1nnc(-n2nc([C-](C)C)c(C)c2C)nc1C.[2HH].[2HH].[2HH].[CH-]=C(C)C(=O)OCC.[CH3-].[CH3-].[CH3-].[CH3-].[CH3-].[Na+].[OH-].[W+2].[W+2].[W+2].[W+2].[W+2]. The van der Waals surface area contributed by atoms with Crippen molar-refractivity contribution < 1.29 is 178 Å². The third-order valence-electron chi connectivity index (χ3n) is 15.1. The maximum absolute atomic E-state index is 11.6. The number of amidine groups is 1. The van der Waals surface area contributed by atoms with Gasteiger partial charge in [0, 0.05) is 36.8 Å². The Kier molecular flexibility index (Phi) is 79.8. The fourth-order valence-electron chi connectivity index (χ4n) is 8.43. The molecule has 0 aliphatic carbocycles. The van der Waals surface area contributed by atoms with Crippen LogP contribution in [0, 0.1) is 182 Å². The fraction of sp³-hybridized carbons (Fsp3) is 0.450. The summed E-state index contributed by atoms with van der Waals surface area (Å²) in [5.41, 5.74) is 28.3. The molecule has 0 aliphatic rings. The standard InChI is InChI=1S/C13H18N5.C13H17N4O.C12H16N5O.C9H16N5.C9H15N4.C6H9O2.C5H8O3.C4H6O2.C4H10.5CH3.Na.H2O.5W.3H2/c1-7(2)12-8(3)11(6)18(17-12)13-14-9(4)10(5)15-16-13;1-7(2)11-9(4)10(5)17(16-11)13-14-6-8(3)12(18)15-13;1-6(2)10-7(3)9(5)17(16-10)12-13-11(18)8(4)14-15-12;1-5(2)8-6(3)7(4)14(13-8)9(10)12-11;1-5(2)13-7(4)6(3)8(12-13)9(10)11;1-4-8-6(7)5(2)3;1-3-8-5(7)4(2)6;1-3(5)4(2)6;1-4(2)3;;;;;;;;;;;;;;;/h1-6H3;6H,1-5H3,(H,14,15,18);1-5H3,(H,13,15,18);11H2,1-4H3,(H2,10,12);1-4H3,(H3,10,11);2H,4H2,1,3H3;3H2,1-2H3;1-2H3;4H,1-3H3;5*1H3;;1H2;;;;;;3*1H/q6*-1;;;;5*-1;+1;;5*+2;;;/p-1/i;;;;;;;;;;;;;;;;;;;;;3*1+1. The molecule has 664 valence electrons. The van der Waals surface area contributed by atoms with E-state index in [1.807, 2.05) is 136 Å². The van der Waals surface area contributed by atoms with Crippen molar-refractivity contribution in [1.29, 1.82) is 5.41 Å². The summed E-state index contributed by atoms with van der Waals surface area (Å²) in [5.74, 6) is 9.62. The molecule has 0 atom stereocenters. The number of nitrogens with zero attached hydrogens (tertiary/aromatic N) is 17. The normalized spacial score (nSPS) is 9.18. The van der Waals surface area contributed by atoms with E-state index in [9.17, 15) is 33.6 Å². The number of esters is 2. The van der Waals surface area contributed by atoms with Crippen LogP contribution in [0.1, 0.15) is 243 Å². The maximum Gasteiger partial charge on any atom is 2.00 e. The first-order chi connectivity index (χ1) is 49.4. The summed E-state index contributed by atoms with van der Waals surface area (Å²) in [6.07, 6.45) is 1.56. The van der Waals surface area contributed by atoms with Gasteiger partial charge in [0.25, 0.3) is 17.1 Å². The van der Waals surface area contributed by atoms with E-state index in [-0.39, 0.29) is 228 Å². The van der Waals surface area contributed by atoms with E-state index in [1.54, 1.807) is 52.6 Å². The first-order valence-electron chi connectivity index (χ1n) is 34.3. The van der Waals surface area contributed by atoms with Crippen molar-refractivity contribution in [3.05, 3.63) is 213 Å². The summed E-state index contributed by atoms with van der Waals surface area (Å²) in [6.45, 7) is 67.9. The summed E-state index contributed by atoms with van der Waals surface area (Å²) < 4.78 is 17.2. The van der Waals surface area contributed by atoms with E-state index in [2.05, 4.69) is 122 Å². The number of nitrogen functional groups attached to an aromatic ring is 1. The zero-order valence-electron chi connectivity index (χ0n) is 77.6. The van der Waals surface area contributed by atoms with Crippen LogP contribution in [0.3, 0.4) is 0 Å². The minimum atomic E-state index is -0.757. The van der Waals surface area contributed by atoms with Crippen LogP contribution in [0.2, 0.25) is 0 Å². The van der Waals surface area contributed by atoms with Crippen LogP contribution in [0.5, 0.6) is 0 Å². The molecule has 0 fully saturated rings. The number of carbonyl (C=O) groups is 5. The van der Waals surface area contributed by atoms with Crippen molar-refractivity contribution in [3.8, 4) is 17.8 Å². The van der Waals surface area contributed by atoms with Crippen molar-refractivity contribution in [2.24, 2.45) is 28.3 Å². The molecule has 0 saturated heterocycles. The van der Waals surface area contributed by atoms with Gasteiger partial charge < -0.3 is 78.9 Å². The molecule has 0 spiro atoms. The third-order valence-corrected chi connectivity index (χ3v) is 15.1. The summed E-state index contributed by atoms with van der Waals surface area (Å²) in [5, 5.41) is 48.8. The number of ether oxygens (including phenoxy) is 2.